The smallest absolute Gasteiger partial charge is 0.322 e. The Kier molecular flexibility index (Phi) is 4.96. The lowest BCUT2D eigenvalue weighted by Gasteiger charge is -2.17. The third-order valence-corrected chi connectivity index (χ3v) is 3.45. The first-order valence-electron chi connectivity index (χ1n) is 7.25. The molecule has 0 fully saturated rings. The lowest BCUT2D eigenvalue weighted by Crippen LogP contribution is -2.38. The Hall–Kier alpha value is -1.88. The van der Waals surface area contributed by atoms with Crippen LogP contribution in [0.3, 0.4) is 0 Å². The molecule has 2 aromatic heterocycles. The molecule has 0 spiro atoms. The van der Waals surface area contributed by atoms with Gasteiger partial charge in [0, 0.05) is 18.9 Å². The van der Waals surface area contributed by atoms with Crippen LogP contribution in [0.25, 0.3) is 5.65 Å². The van der Waals surface area contributed by atoms with Gasteiger partial charge in [-0.15, -0.1) is 0 Å². The van der Waals surface area contributed by atoms with Gasteiger partial charge in [-0.05, 0) is 30.9 Å². The monoisotopic (exact) mass is 289 g/mol. The lowest BCUT2D eigenvalue weighted by atomic mass is 10.0. The van der Waals surface area contributed by atoms with Crippen molar-refractivity contribution in [3.05, 3.63) is 35.8 Å². The zero-order valence-corrected chi connectivity index (χ0v) is 13.1. The van der Waals surface area contributed by atoms with E-state index < -0.39 is 0 Å². The Morgan fingerprint density at radius 3 is 2.86 bits per heavy atom. The summed E-state index contributed by atoms with van der Waals surface area (Å²) in [4.78, 5) is 16.4. The highest BCUT2D eigenvalue weighted by Gasteiger charge is 2.20. The van der Waals surface area contributed by atoms with E-state index >= 15 is 0 Å². The Balaban J connectivity index is 2.08. The molecule has 0 bridgehead atoms. The van der Waals surface area contributed by atoms with E-state index in [1.165, 1.54) is 7.11 Å². The molecule has 1 atom stereocenters. The van der Waals surface area contributed by atoms with Crippen LogP contribution in [0.2, 0.25) is 0 Å². The summed E-state index contributed by atoms with van der Waals surface area (Å²) in [6, 6.07) is 3.74. The second kappa shape index (κ2) is 6.72. The molecule has 0 amide bonds. The van der Waals surface area contributed by atoms with Gasteiger partial charge in [0.05, 0.1) is 12.8 Å². The van der Waals surface area contributed by atoms with Crippen molar-refractivity contribution in [3.8, 4) is 0 Å². The maximum Gasteiger partial charge on any atom is 0.322 e. The lowest BCUT2D eigenvalue weighted by molar-refractivity contribution is -0.143. The molecule has 0 radical (unpaired) electrons. The van der Waals surface area contributed by atoms with Crippen molar-refractivity contribution in [2.45, 2.75) is 39.8 Å². The van der Waals surface area contributed by atoms with Crippen LogP contribution in [-0.2, 0) is 16.1 Å². The van der Waals surface area contributed by atoms with Crippen LogP contribution in [0, 0.1) is 12.8 Å². The number of carbonyl (C=O) groups excluding carboxylic acids is 1. The minimum atomic E-state index is -0.291. The first-order valence-corrected chi connectivity index (χ1v) is 7.25. The maximum absolute atomic E-state index is 11.8. The van der Waals surface area contributed by atoms with E-state index in [1.54, 1.807) is 0 Å². The quantitative estimate of drug-likeness (QED) is 0.829. The summed E-state index contributed by atoms with van der Waals surface area (Å²) in [6.45, 7) is 6.76. The molecular formula is C16H23N3O2. The molecule has 1 N–H and O–H groups in total. The average molecular weight is 289 g/mol. The number of ether oxygens (including phenoxy) is 1. The second-order valence-electron chi connectivity index (χ2n) is 5.74. The summed E-state index contributed by atoms with van der Waals surface area (Å²) in [5.74, 6) is 0.202. The van der Waals surface area contributed by atoms with E-state index in [0.717, 1.165) is 23.3 Å². The summed E-state index contributed by atoms with van der Waals surface area (Å²) >= 11 is 0. The number of rotatable bonds is 6. The molecule has 0 aliphatic carbocycles. The summed E-state index contributed by atoms with van der Waals surface area (Å²) in [5.41, 5.74) is 3.00. The van der Waals surface area contributed by atoms with E-state index in [-0.39, 0.29) is 12.0 Å². The van der Waals surface area contributed by atoms with Crippen LogP contribution in [0.4, 0.5) is 0 Å². The highest BCUT2D eigenvalue weighted by Crippen LogP contribution is 2.11. The van der Waals surface area contributed by atoms with Crippen LogP contribution >= 0.6 is 0 Å². The van der Waals surface area contributed by atoms with Gasteiger partial charge >= 0.3 is 5.97 Å². The molecule has 0 saturated heterocycles. The van der Waals surface area contributed by atoms with Gasteiger partial charge in [0.15, 0.2) is 0 Å². The van der Waals surface area contributed by atoms with Gasteiger partial charge in [0.2, 0.25) is 0 Å². The van der Waals surface area contributed by atoms with Gasteiger partial charge in [-0.3, -0.25) is 10.1 Å². The van der Waals surface area contributed by atoms with Crippen molar-refractivity contribution in [2.75, 3.05) is 7.11 Å². The number of imidazole rings is 1. The molecule has 2 rings (SSSR count). The minimum absolute atomic E-state index is 0.219. The summed E-state index contributed by atoms with van der Waals surface area (Å²) < 4.78 is 6.85. The van der Waals surface area contributed by atoms with E-state index in [2.05, 4.69) is 24.1 Å². The predicted octanol–water partition coefficient (Wildman–Crippen LogP) is 2.32. The third-order valence-electron chi connectivity index (χ3n) is 3.45. The topological polar surface area (TPSA) is 55.6 Å². The fourth-order valence-corrected chi connectivity index (χ4v) is 2.39. The zero-order chi connectivity index (χ0) is 15.4. The summed E-state index contributed by atoms with van der Waals surface area (Å²) in [5, 5.41) is 3.25. The van der Waals surface area contributed by atoms with Gasteiger partial charge in [-0.25, -0.2) is 4.98 Å². The minimum Gasteiger partial charge on any atom is -0.468 e. The number of aryl methyl sites for hydroxylation is 1. The van der Waals surface area contributed by atoms with Crippen LogP contribution < -0.4 is 5.32 Å². The number of nitrogens with one attached hydrogen (secondary N) is 1. The number of methoxy groups -OCH3 is 1. The number of hydrogen-bond acceptors (Lipinski definition) is 4. The largest absolute Gasteiger partial charge is 0.468 e. The first-order chi connectivity index (χ1) is 10.0. The highest BCUT2D eigenvalue weighted by atomic mass is 16.5. The number of fused-ring (bicyclic) bond motifs is 1. The molecule has 114 valence electrons. The maximum atomic E-state index is 11.8. The molecule has 1 unspecified atom stereocenters. The van der Waals surface area contributed by atoms with Gasteiger partial charge in [-0.1, -0.05) is 19.9 Å². The molecular weight excluding hydrogens is 266 g/mol. The molecule has 0 saturated carbocycles. The fourth-order valence-electron chi connectivity index (χ4n) is 2.39. The van der Waals surface area contributed by atoms with E-state index in [1.807, 2.05) is 35.9 Å². The standard InChI is InChI=1S/C16H23N3O2/c1-11(2)8-14(16(20)21-4)17-9-13-10-19-7-5-6-12(3)15(19)18-13/h5-7,10-11,14,17H,8-9H2,1-4H3. The first kappa shape index (κ1) is 15.5. The molecule has 0 aromatic carbocycles. The molecule has 2 aromatic rings. The van der Waals surface area contributed by atoms with E-state index in [9.17, 15) is 4.79 Å². The molecule has 5 nitrogen and oxygen atoms in total. The molecule has 21 heavy (non-hydrogen) atoms. The zero-order valence-electron chi connectivity index (χ0n) is 13.1. The summed E-state index contributed by atoms with van der Waals surface area (Å²) in [7, 11) is 1.42. The van der Waals surface area contributed by atoms with Crippen molar-refractivity contribution in [1.82, 2.24) is 14.7 Å². The Labute approximate surface area is 125 Å². The third kappa shape index (κ3) is 3.82. The van der Waals surface area contributed by atoms with Crippen LogP contribution in [0.15, 0.2) is 24.5 Å². The number of hydrogen-bond donors (Lipinski definition) is 1. The number of pyridine rings is 1. The van der Waals surface area contributed by atoms with Gasteiger partial charge < -0.3 is 9.14 Å². The highest BCUT2D eigenvalue weighted by molar-refractivity contribution is 5.75. The number of nitrogens with zero attached hydrogens (tertiary/aromatic N) is 2. The van der Waals surface area contributed by atoms with Gasteiger partial charge in [0.25, 0.3) is 0 Å². The molecule has 5 heteroatoms. The Bertz CT molecular complexity index is 619. The SMILES string of the molecule is COC(=O)C(CC(C)C)NCc1cn2cccc(C)c2n1. The van der Waals surface area contributed by atoms with Gasteiger partial charge in [-0.2, -0.15) is 0 Å². The number of carbonyl (C=O) groups is 1. The Morgan fingerprint density at radius 2 is 2.24 bits per heavy atom. The van der Waals surface area contributed by atoms with Crippen molar-refractivity contribution in [2.24, 2.45) is 5.92 Å². The molecule has 0 aliphatic heterocycles. The fraction of sp³-hybridized carbons (Fsp3) is 0.500. The van der Waals surface area contributed by atoms with Crippen LogP contribution in [0.1, 0.15) is 31.5 Å². The van der Waals surface area contributed by atoms with Crippen LogP contribution in [0.5, 0.6) is 0 Å². The van der Waals surface area contributed by atoms with E-state index in [0.29, 0.717) is 12.5 Å². The molecule has 2 heterocycles. The van der Waals surface area contributed by atoms with Crippen LogP contribution in [-0.4, -0.2) is 28.5 Å². The van der Waals surface area contributed by atoms with Crippen molar-refractivity contribution in [3.63, 3.8) is 0 Å². The molecule has 0 aliphatic rings. The average Bonchev–Trinajstić information content (AvgIpc) is 2.86. The van der Waals surface area contributed by atoms with E-state index in [4.69, 9.17) is 4.74 Å². The second-order valence-corrected chi connectivity index (χ2v) is 5.74. The number of esters is 1. The van der Waals surface area contributed by atoms with Gasteiger partial charge in [0.1, 0.15) is 11.7 Å². The van der Waals surface area contributed by atoms with Crippen molar-refractivity contribution >= 4 is 11.6 Å². The summed E-state index contributed by atoms with van der Waals surface area (Å²) in [6.07, 6.45) is 4.71. The van der Waals surface area contributed by atoms with Crippen molar-refractivity contribution < 1.29 is 9.53 Å². The normalized spacial score (nSPS) is 12.8. The van der Waals surface area contributed by atoms with Crippen molar-refractivity contribution in [1.29, 1.82) is 0 Å². The predicted molar refractivity (Wildman–Crippen MR) is 82.0 cm³/mol. The number of aromatic nitrogens is 2. The Morgan fingerprint density at radius 1 is 1.48 bits per heavy atom.